The summed E-state index contributed by atoms with van der Waals surface area (Å²) in [5.41, 5.74) is 9.49. The minimum atomic E-state index is -1.70. The third-order valence-corrected chi connectivity index (χ3v) is 2.63. The van der Waals surface area contributed by atoms with Crippen LogP contribution in [0.5, 0.6) is 11.5 Å². The quantitative estimate of drug-likeness (QED) is 0.661. The van der Waals surface area contributed by atoms with Gasteiger partial charge in [-0.2, -0.15) is 0 Å². The molecule has 0 heterocycles. The van der Waals surface area contributed by atoms with Gasteiger partial charge in [-0.05, 0) is 18.2 Å². The second kappa shape index (κ2) is 7.18. The molecule has 0 spiro atoms. The Kier molecular flexibility index (Phi) is 6.61. The summed E-state index contributed by atoms with van der Waals surface area (Å²) in [4.78, 5) is 10.8. The van der Waals surface area contributed by atoms with Crippen LogP contribution in [0.15, 0.2) is 18.2 Å². The fraction of sp³-hybridized carbons (Fsp3) is 0.417. The number of carbonyl (C=O) groups is 1. The van der Waals surface area contributed by atoms with Crippen molar-refractivity contribution in [3.63, 3.8) is 0 Å². The van der Waals surface area contributed by atoms with Gasteiger partial charge < -0.3 is 20.3 Å². The lowest BCUT2D eigenvalue weighted by Crippen LogP contribution is -2.37. The number of aliphatic hydroxyl groups is 1. The highest BCUT2D eigenvalue weighted by molar-refractivity contribution is 5.85. The van der Waals surface area contributed by atoms with E-state index in [1.165, 1.54) is 14.2 Å². The maximum atomic E-state index is 10.8. The van der Waals surface area contributed by atoms with E-state index < -0.39 is 11.6 Å². The molecule has 0 saturated heterocycles. The molecule has 0 aliphatic carbocycles. The van der Waals surface area contributed by atoms with E-state index in [0.717, 1.165) is 0 Å². The number of rotatable bonds is 6. The Morgan fingerprint density at radius 2 is 2.00 bits per heavy atom. The molecule has 0 saturated carbocycles. The van der Waals surface area contributed by atoms with E-state index in [-0.39, 0.29) is 25.2 Å². The topological polar surface area (TPSA) is 108 Å². The Bertz CT molecular complexity index is 438. The van der Waals surface area contributed by atoms with E-state index in [0.29, 0.717) is 17.1 Å². The summed E-state index contributed by atoms with van der Waals surface area (Å²) in [6.07, 6.45) is -0.0147. The van der Waals surface area contributed by atoms with Crippen LogP contribution >= 0.6 is 12.4 Å². The number of carbonyl (C=O) groups excluding carboxylic acids is 1. The molecule has 0 radical (unpaired) electrons. The summed E-state index contributed by atoms with van der Waals surface area (Å²) in [7, 11) is 2.97. The first-order valence-electron chi connectivity index (χ1n) is 5.42. The van der Waals surface area contributed by atoms with Gasteiger partial charge in [-0.3, -0.25) is 10.5 Å². The molecule has 108 valence electrons. The lowest BCUT2D eigenvalue weighted by molar-refractivity contribution is -0.119. The van der Waals surface area contributed by atoms with Crippen molar-refractivity contribution in [3.8, 4) is 11.5 Å². The molecule has 7 heteroatoms. The normalized spacial score (nSPS) is 13.1. The van der Waals surface area contributed by atoms with E-state index in [1.54, 1.807) is 18.2 Å². The zero-order chi connectivity index (χ0) is 13.8. The Balaban J connectivity index is 0.00000324. The summed E-state index contributed by atoms with van der Waals surface area (Å²) in [6.45, 7) is 0. The van der Waals surface area contributed by atoms with Crippen molar-refractivity contribution < 1.29 is 19.4 Å². The van der Waals surface area contributed by atoms with Gasteiger partial charge in [0.2, 0.25) is 5.91 Å². The molecule has 1 aromatic rings. The number of primary amides is 1. The number of hydrogen-bond donors (Lipinski definition) is 3. The Morgan fingerprint density at radius 1 is 1.37 bits per heavy atom. The van der Waals surface area contributed by atoms with Gasteiger partial charge in [0.15, 0.2) is 0 Å². The number of nitrogens with two attached hydrogens (primary N) is 2. The molecule has 0 bridgehead atoms. The SMILES string of the molecule is COc1ccc(OC)c(C(N)(O)CCC(N)=O)c1.Cl. The van der Waals surface area contributed by atoms with Crippen LogP contribution < -0.4 is 20.9 Å². The van der Waals surface area contributed by atoms with Crippen molar-refractivity contribution in [2.45, 2.75) is 18.6 Å². The van der Waals surface area contributed by atoms with Gasteiger partial charge in [0.25, 0.3) is 0 Å². The lowest BCUT2D eigenvalue weighted by atomic mass is 9.97. The van der Waals surface area contributed by atoms with Gasteiger partial charge in [-0.15, -0.1) is 12.4 Å². The second-order valence-corrected chi connectivity index (χ2v) is 3.96. The Hall–Kier alpha value is -1.50. The molecule has 1 unspecified atom stereocenters. The van der Waals surface area contributed by atoms with Crippen LogP contribution in [0.2, 0.25) is 0 Å². The zero-order valence-corrected chi connectivity index (χ0v) is 11.7. The summed E-state index contributed by atoms with van der Waals surface area (Å²) >= 11 is 0. The van der Waals surface area contributed by atoms with Crippen LogP contribution in [0, 0.1) is 0 Å². The molecule has 1 aromatic carbocycles. The van der Waals surface area contributed by atoms with Crippen molar-refractivity contribution in [2.75, 3.05) is 14.2 Å². The summed E-state index contributed by atoms with van der Waals surface area (Å²) in [6, 6.07) is 4.89. The fourth-order valence-electron chi connectivity index (χ4n) is 1.60. The van der Waals surface area contributed by atoms with Crippen molar-refractivity contribution >= 4 is 18.3 Å². The fourth-order valence-corrected chi connectivity index (χ4v) is 1.60. The number of hydrogen-bond acceptors (Lipinski definition) is 5. The first-order valence-corrected chi connectivity index (χ1v) is 5.42. The molecular formula is C12H19ClN2O4. The molecule has 1 amide bonds. The Labute approximate surface area is 118 Å². The predicted molar refractivity (Wildman–Crippen MR) is 73.3 cm³/mol. The van der Waals surface area contributed by atoms with E-state index in [1.807, 2.05) is 0 Å². The molecule has 19 heavy (non-hydrogen) atoms. The maximum absolute atomic E-state index is 10.8. The van der Waals surface area contributed by atoms with Crippen LogP contribution in [0.1, 0.15) is 18.4 Å². The molecular weight excluding hydrogens is 272 g/mol. The van der Waals surface area contributed by atoms with Gasteiger partial charge in [-0.1, -0.05) is 0 Å². The average molecular weight is 291 g/mol. The highest BCUT2D eigenvalue weighted by atomic mass is 35.5. The minimum absolute atomic E-state index is 0. The molecule has 5 N–H and O–H groups in total. The number of methoxy groups -OCH3 is 2. The monoisotopic (exact) mass is 290 g/mol. The standard InChI is InChI=1S/C12H18N2O4.ClH/c1-17-8-3-4-10(18-2)9(7-8)12(14,16)6-5-11(13)15;/h3-4,7,16H,5-6,14H2,1-2H3,(H2,13,15);1H. The van der Waals surface area contributed by atoms with E-state index in [4.69, 9.17) is 20.9 Å². The van der Waals surface area contributed by atoms with Crippen LogP contribution in [0.3, 0.4) is 0 Å². The van der Waals surface area contributed by atoms with E-state index in [2.05, 4.69) is 0 Å². The van der Waals surface area contributed by atoms with Crippen LogP contribution in [0.4, 0.5) is 0 Å². The van der Waals surface area contributed by atoms with E-state index >= 15 is 0 Å². The number of ether oxygens (including phenoxy) is 2. The number of halogens is 1. The summed E-state index contributed by atoms with van der Waals surface area (Å²) < 4.78 is 10.2. The third kappa shape index (κ3) is 4.59. The third-order valence-electron chi connectivity index (χ3n) is 2.63. The molecule has 0 aromatic heterocycles. The molecule has 1 rings (SSSR count). The first kappa shape index (κ1) is 17.5. The van der Waals surface area contributed by atoms with E-state index in [9.17, 15) is 9.90 Å². The Morgan fingerprint density at radius 3 is 2.47 bits per heavy atom. The van der Waals surface area contributed by atoms with Crippen LogP contribution in [-0.4, -0.2) is 25.2 Å². The number of benzene rings is 1. The maximum Gasteiger partial charge on any atom is 0.217 e. The van der Waals surface area contributed by atoms with Gasteiger partial charge in [0, 0.05) is 18.4 Å². The van der Waals surface area contributed by atoms with Gasteiger partial charge in [0.05, 0.1) is 14.2 Å². The lowest BCUT2D eigenvalue weighted by Gasteiger charge is -2.25. The van der Waals surface area contributed by atoms with Gasteiger partial charge in [0.1, 0.15) is 17.2 Å². The van der Waals surface area contributed by atoms with Crippen LogP contribution in [0.25, 0.3) is 0 Å². The van der Waals surface area contributed by atoms with Crippen molar-refractivity contribution in [2.24, 2.45) is 11.5 Å². The molecule has 0 aliphatic rings. The minimum Gasteiger partial charge on any atom is -0.497 e. The summed E-state index contributed by atoms with van der Waals surface area (Å²) in [5.74, 6) is 0.430. The highest BCUT2D eigenvalue weighted by Crippen LogP contribution is 2.32. The van der Waals surface area contributed by atoms with Crippen molar-refractivity contribution in [3.05, 3.63) is 23.8 Å². The smallest absolute Gasteiger partial charge is 0.217 e. The van der Waals surface area contributed by atoms with Gasteiger partial charge in [-0.25, -0.2) is 0 Å². The molecule has 0 aliphatic heterocycles. The molecule has 1 atom stereocenters. The van der Waals surface area contributed by atoms with Crippen molar-refractivity contribution in [1.29, 1.82) is 0 Å². The van der Waals surface area contributed by atoms with Crippen LogP contribution in [-0.2, 0) is 10.5 Å². The van der Waals surface area contributed by atoms with Crippen molar-refractivity contribution in [1.82, 2.24) is 0 Å². The first-order chi connectivity index (χ1) is 8.40. The number of amides is 1. The molecule has 0 fully saturated rings. The molecule has 6 nitrogen and oxygen atoms in total. The zero-order valence-electron chi connectivity index (χ0n) is 10.9. The van der Waals surface area contributed by atoms with Gasteiger partial charge >= 0.3 is 0 Å². The average Bonchev–Trinajstić information content (AvgIpc) is 2.35. The summed E-state index contributed by atoms with van der Waals surface area (Å²) in [5, 5.41) is 10.2. The predicted octanol–water partition coefficient (Wildman–Crippen LogP) is 0.495. The second-order valence-electron chi connectivity index (χ2n) is 3.96. The largest absolute Gasteiger partial charge is 0.497 e. The highest BCUT2D eigenvalue weighted by Gasteiger charge is 2.28.